The number of anilines is 1. The Labute approximate surface area is 198 Å². The van der Waals surface area contributed by atoms with Gasteiger partial charge in [0.15, 0.2) is 0 Å². The van der Waals surface area contributed by atoms with Gasteiger partial charge in [0.25, 0.3) is 11.8 Å². The smallest absolute Gasteiger partial charge is 0.257 e. The minimum Gasteiger partial charge on any atom is -0.330 e. The van der Waals surface area contributed by atoms with E-state index < -0.39 is 0 Å². The number of hydrogen-bond donors (Lipinski definition) is 1. The highest BCUT2D eigenvalue weighted by Gasteiger charge is 2.18. The highest BCUT2D eigenvalue weighted by molar-refractivity contribution is 6.34. The minimum absolute atomic E-state index is 0.114. The number of rotatable bonds is 7. The third-order valence-corrected chi connectivity index (χ3v) is 5.54. The van der Waals surface area contributed by atoms with Gasteiger partial charge in [0.2, 0.25) is 0 Å². The number of carbonyl (C=O) groups is 2. The van der Waals surface area contributed by atoms with E-state index in [0.29, 0.717) is 34.9 Å². The van der Waals surface area contributed by atoms with E-state index in [-0.39, 0.29) is 11.8 Å². The van der Waals surface area contributed by atoms with Crippen molar-refractivity contribution < 1.29 is 9.59 Å². The third kappa shape index (κ3) is 5.88. The number of benzene rings is 4. The monoisotopic (exact) mass is 454 g/mol. The third-order valence-electron chi connectivity index (χ3n) is 5.21. The van der Waals surface area contributed by atoms with Crippen LogP contribution in [0.5, 0.6) is 0 Å². The first-order chi connectivity index (χ1) is 16.1. The van der Waals surface area contributed by atoms with E-state index in [2.05, 4.69) is 5.32 Å². The zero-order valence-corrected chi connectivity index (χ0v) is 18.7. The summed E-state index contributed by atoms with van der Waals surface area (Å²) in [6, 6.07) is 33.6. The molecule has 0 aromatic heterocycles. The molecule has 2 amide bonds. The van der Waals surface area contributed by atoms with Gasteiger partial charge >= 0.3 is 0 Å². The molecule has 0 unspecified atom stereocenters. The van der Waals surface area contributed by atoms with Gasteiger partial charge in [0.05, 0.1) is 10.6 Å². The fourth-order valence-corrected chi connectivity index (χ4v) is 3.79. The summed E-state index contributed by atoms with van der Waals surface area (Å²) in [4.78, 5) is 28.0. The fourth-order valence-electron chi connectivity index (χ4n) is 3.56. The van der Waals surface area contributed by atoms with Crippen LogP contribution >= 0.6 is 11.6 Å². The van der Waals surface area contributed by atoms with Crippen molar-refractivity contribution in [2.45, 2.75) is 13.1 Å². The van der Waals surface area contributed by atoms with Gasteiger partial charge in [-0.2, -0.15) is 0 Å². The standard InChI is InChI=1S/C28H23ClN2O2/c29-26-17-8-7-16-25(26)27(32)30-24-15-9-14-23(18-24)28(33)31(19-21-10-3-1-4-11-21)20-22-12-5-2-6-13-22/h1-18H,19-20H2,(H,30,32). The summed E-state index contributed by atoms with van der Waals surface area (Å²) in [5.74, 6) is -0.438. The van der Waals surface area contributed by atoms with E-state index in [9.17, 15) is 9.59 Å². The summed E-state index contributed by atoms with van der Waals surface area (Å²) in [5, 5.41) is 3.21. The molecule has 4 aromatic rings. The van der Waals surface area contributed by atoms with E-state index >= 15 is 0 Å². The molecule has 0 fully saturated rings. The Morgan fingerprint density at radius 3 is 1.88 bits per heavy atom. The van der Waals surface area contributed by atoms with Gasteiger partial charge in [-0.3, -0.25) is 9.59 Å². The van der Waals surface area contributed by atoms with Crippen molar-refractivity contribution in [3.8, 4) is 0 Å². The first kappa shape index (κ1) is 22.3. The van der Waals surface area contributed by atoms with Crippen LogP contribution in [0.25, 0.3) is 0 Å². The zero-order chi connectivity index (χ0) is 23.0. The lowest BCUT2D eigenvalue weighted by molar-refractivity contribution is 0.0729. The van der Waals surface area contributed by atoms with Crippen molar-refractivity contribution >= 4 is 29.1 Å². The molecule has 0 radical (unpaired) electrons. The number of carbonyl (C=O) groups excluding carboxylic acids is 2. The second-order valence-corrected chi connectivity index (χ2v) is 8.05. The Morgan fingerprint density at radius 1 is 0.697 bits per heavy atom. The van der Waals surface area contributed by atoms with Gasteiger partial charge in [-0.05, 0) is 41.5 Å². The molecule has 4 nitrogen and oxygen atoms in total. The van der Waals surface area contributed by atoms with Crippen molar-refractivity contribution in [2.75, 3.05) is 5.32 Å². The van der Waals surface area contributed by atoms with Crippen LogP contribution in [0, 0.1) is 0 Å². The van der Waals surface area contributed by atoms with Gasteiger partial charge in [-0.25, -0.2) is 0 Å². The summed E-state index contributed by atoms with van der Waals surface area (Å²) >= 11 is 6.14. The molecule has 0 saturated heterocycles. The molecule has 0 spiro atoms. The van der Waals surface area contributed by atoms with E-state index in [1.165, 1.54) is 0 Å². The predicted octanol–water partition coefficient (Wildman–Crippen LogP) is 6.43. The van der Waals surface area contributed by atoms with Crippen molar-refractivity contribution in [3.63, 3.8) is 0 Å². The number of nitrogens with zero attached hydrogens (tertiary/aromatic N) is 1. The number of halogens is 1. The van der Waals surface area contributed by atoms with Crippen LogP contribution in [0.3, 0.4) is 0 Å². The number of nitrogens with one attached hydrogen (secondary N) is 1. The van der Waals surface area contributed by atoms with E-state index in [4.69, 9.17) is 11.6 Å². The fraction of sp³-hybridized carbons (Fsp3) is 0.0714. The SMILES string of the molecule is O=C(Nc1cccc(C(=O)N(Cc2ccccc2)Cc2ccccc2)c1)c1ccccc1Cl. The van der Waals surface area contributed by atoms with Crippen molar-refractivity contribution in [3.05, 3.63) is 136 Å². The molecule has 4 rings (SSSR count). The average molecular weight is 455 g/mol. The van der Waals surface area contributed by atoms with Crippen molar-refractivity contribution in [1.82, 2.24) is 4.90 Å². The van der Waals surface area contributed by atoms with Gasteiger partial charge in [0.1, 0.15) is 0 Å². The molecule has 33 heavy (non-hydrogen) atoms. The van der Waals surface area contributed by atoms with Crippen LogP contribution in [-0.4, -0.2) is 16.7 Å². The van der Waals surface area contributed by atoms with Crippen LogP contribution in [-0.2, 0) is 13.1 Å². The molecule has 0 heterocycles. The topological polar surface area (TPSA) is 49.4 Å². The lowest BCUT2D eigenvalue weighted by Gasteiger charge is -2.23. The molecule has 0 atom stereocenters. The molecule has 0 aliphatic heterocycles. The zero-order valence-electron chi connectivity index (χ0n) is 17.9. The van der Waals surface area contributed by atoms with E-state index in [1.54, 1.807) is 53.4 Å². The number of hydrogen-bond acceptors (Lipinski definition) is 2. The van der Waals surface area contributed by atoms with Crippen molar-refractivity contribution in [2.24, 2.45) is 0 Å². The lowest BCUT2D eigenvalue weighted by Crippen LogP contribution is -2.30. The maximum atomic E-state index is 13.5. The molecular formula is C28H23ClN2O2. The second-order valence-electron chi connectivity index (χ2n) is 7.65. The summed E-state index contributed by atoms with van der Waals surface area (Å²) in [6.07, 6.45) is 0. The molecule has 0 bridgehead atoms. The highest BCUT2D eigenvalue weighted by Crippen LogP contribution is 2.20. The minimum atomic E-state index is -0.323. The molecule has 0 aliphatic rings. The Hall–Kier alpha value is -3.89. The Bertz CT molecular complexity index is 1200. The molecular weight excluding hydrogens is 432 g/mol. The highest BCUT2D eigenvalue weighted by atomic mass is 35.5. The summed E-state index contributed by atoms with van der Waals surface area (Å²) in [7, 11) is 0. The van der Waals surface area contributed by atoms with Crippen LogP contribution in [0.15, 0.2) is 109 Å². The van der Waals surface area contributed by atoms with E-state index in [0.717, 1.165) is 11.1 Å². The Morgan fingerprint density at radius 2 is 1.27 bits per heavy atom. The normalized spacial score (nSPS) is 10.5. The molecule has 5 heteroatoms. The first-order valence-electron chi connectivity index (χ1n) is 10.6. The number of amides is 2. The maximum absolute atomic E-state index is 13.5. The van der Waals surface area contributed by atoms with Gasteiger partial charge in [-0.15, -0.1) is 0 Å². The van der Waals surface area contributed by atoms with Crippen LogP contribution < -0.4 is 5.32 Å². The first-order valence-corrected chi connectivity index (χ1v) is 11.0. The Balaban J connectivity index is 1.56. The second kappa shape index (κ2) is 10.6. The molecule has 0 saturated carbocycles. The Kier molecular flexibility index (Phi) is 7.18. The molecule has 0 aliphatic carbocycles. The van der Waals surface area contributed by atoms with Gasteiger partial charge < -0.3 is 10.2 Å². The molecule has 4 aromatic carbocycles. The van der Waals surface area contributed by atoms with Gasteiger partial charge in [0, 0.05) is 24.3 Å². The van der Waals surface area contributed by atoms with Crippen LogP contribution in [0.2, 0.25) is 5.02 Å². The summed E-state index contributed by atoms with van der Waals surface area (Å²) < 4.78 is 0. The van der Waals surface area contributed by atoms with Gasteiger partial charge in [-0.1, -0.05) is 90.5 Å². The van der Waals surface area contributed by atoms with Crippen molar-refractivity contribution in [1.29, 1.82) is 0 Å². The summed E-state index contributed by atoms with van der Waals surface area (Å²) in [5.41, 5.74) is 3.50. The maximum Gasteiger partial charge on any atom is 0.257 e. The quantitative estimate of drug-likeness (QED) is 0.349. The lowest BCUT2D eigenvalue weighted by atomic mass is 10.1. The predicted molar refractivity (Wildman–Crippen MR) is 132 cm³/mol. The van der Waals surface area contributed by atoms with Crippen LogP contribution in [0.1, 0.15) is 31.8 Å². The molecule has 1 N–H and O–H groups in total. The van der Waals surface area contributed by atoms with Crippen LogP contribution in [0.4, 0.5) is 5.69 Å². The molecule has 164 valence electrons. The van der Waals surface area contributed by atoms with E-state index in [1.807, 2.05) is 60.7 Å². The largest absolute Gasteiger partial charge is 0.330 e. The average Bonchev–Trinajstić information content (AvgIpc) is 2.85. The summed E-state index contributed by atoms with van der Waals surface area (Å²) in [6.45, 7) is 0.954.